The molecule has 4 rings (SSSR count). The van der Waals surface area contributed by atoms with Gasteiger partial charge in [0, 0.05) is 41.0 Å². The molecule has 7 nitrogen and oxygen atoms in total. The molecule has 8 heteroatoms. The normalized spacial score (nSPS) is 21.9. The lowest BCUT2D eigenvalue weighted by molar-refractivity contribution is -0.133. The Morgan fingerprint density at radius 3 is 3.12 bits per heavy atom. The van der Waals surface area contributed by atoms with Crippen molar-refractivity contribution in [2.24, 2.45) is 5.16 Å². The highest BCUT2D eigenvalue weighted by molar-refractivity contribution is 9.10. The molecule has 0 saturated carbocycles. The van der Waals surface area contributed by atoms with Crippen LogP contribution in [0.4, 0.5) is 0 Å². The number of aromatic nitrogens is 1. The van der Waals surface area contributed by atoms with Crippen molar-refractivity contribution in [3.8, 4) is 0 Å². The highest BCUT2D eigenvalue weighted by Gasteiger charge is 2.48. The van der Waals surface area contributed by atoms with Gasteiger partial charge in [0.2, 0.25) is 5.91 Å². The fourth-order valence-corrected chi connectivity index (χ4v) is 4.27. The predicted octanol–water partition coefficient (Wildman–Crippen LogP) is 2.39. The SMILES string of the molecule is COC(=O)C1=NOC2(CCN(C(=O)Cc3c[nH]c4cccc(Br)c34)C2)C1. The van der Waals surface area contributed by atoms with Crippen molar-refractivity contribution in [2.45, 2.75) is 24.9 Å². The van der Waals surface area contributed by atoms with Crippen molar-refractivity contribution >= 4 is 44.4 Å². The molecule has 1 saturated heterocycles. The summed E-state index contributed by atoms with van der Waals surface area (Å²) < 4.78 is 5.66. The summed E-state index contributed by atoms with van der Waals surface area (Å²) in [5, 5.41) is 4.89. The van der Waals surface area contributed by atoms with E-state index in [9.17, 15) is 9.59 Å². The van der Waals surface area contributed by atoms with Crippen molar-refractivity contribution in [3.63, 3.8) is 0 Å². The number of benzene rings is 1. The summed E-state index contributed by atoms with van der Waals surface area (Å²) in [4.78, 5) is 34.9. The van der Waals surface area contributed by atoms with E-state index < -0.39 is 11.6 Å². The monoisotopic (exact) mass is 419 g/mol. The molecule has 1 atom stereocenters. The van der Waals surface area contributed by atoms with Gasteiger partial charge in [0.15, 0.2) is 11.3 Å². The number of rotatable bonds is 3. The highest BCUT2D eigenvalue weighted by Crippen LogP contribution is 2.35. The van der Waals surface area contributed by atoms with Crippen LogP contribution in [0.5, 0.6) is 0 Å². The molecule has 26 heavy (non-hydrogen) atoms. The van der Waals surface area contributed by atoms with Crippen LogP contribution in [-0.2, 0) is 25.6 Å². The quantitative estimate of drug-likeness (QED) is 0.774. The van der Waals surface area contributed by atoms with Gasteiger partial charge in [-0.25, -0.2) is 4.79 Å². The lowest BCUT2D eigenvalue weighted by Gasteiger charge is -2.21. The second-order valence-corrected chi connectivity index (χ2v) is 7.55. The third-order valence-corrected chi connectivity index (χ3v) is 5.67. The van der Waals surface area contributed by atoms with Crippen LogP contribution in [0.2, 0.25) is 0 Å². The molecule has 136 valence electrons. The number of oxime groups is 1. The van der Waals surface area contributed by atoms with E-state index >= 15 is 0 Å². The molecule has 2 aliphatic rings. The Morgan fingerprint density at radius 2 is 2.31 bits per heavy atom. The third-order valence-electron chi connectivity index (χ3n) is 5.01. The Labute approximate surface area is 158 Å². The van der Waals surface area contributed by atoms with E-state index in [0.717, 1.165) is 20.9 Å². The van der Waals surface area contributed by atoms with Gasteiger partial charge in [0.05, 0.1) is 20.1 Å². The van der Waals surface area contributed by atoms with E-state index in [1.807, 2.05) is 24.4 Å². The molecule has 1 spiro atoms. The Morgan fingerprint density at radius 1 is 1.46 bits per heavy atom. The molecule has 1 N–H and O–H groups in total. The summed E-state index contributed by atoms with van der Waals surface area (Å²) in [6.07, 6.45) is 3.22. The number of nitrogens with zero attached hydrogens (tertiary/aromatic N) is 2. The summed E-state index contributed by atoms with van der Waals surface area (Å²) in [5.74, 6) is -0.441. The number of esters is 1. The van der Waals surface area contributed by atoms with Gasteiger partial charge < -0.3 is 19.5 Å². The number of H-pyrrole nitrogens is 1. The minimum Gasteiger partial charge on any atom is -0.464 e. The van der Waals surface area contributed by atoms with Crippen LogP contribution in [0.3, 0.4) is 0 Å². The van der Waals surface area contributed by atoms with Crippen LogP contribution >= 0.6 is 15.9 Å². The number of carbonyl (C=O) groups is 2. The molecule has 1 amide bonds. The van der Waals surface area contributed by atoms with Gasteiger partial charge in [-0.05, 0) is 17.7 Å². The summed E-state index contributed by atoms with van der Waals surface area (Å²) >= 11 is 3.55. The first-order valence-electron chi connectivity index (χ1n) is 8.37. The molecule has 1 unspecified atom stereocenters. The average molecular weight is 420 g/mol. The standard InChI is InChI=1S/C18H18BrN3O4/c1-25-17(24)14-8-18(26-21-14)5-6-22(10-18)15(23)7-11-9-20-13-4-2-3-12(19)16(11)13/h2-4,9,20H,5-8,10H2,1H3. The van der Waals surface area contributed by atoms with E-state index in [0.29, 0.717) is 32.4 Å². The first kappa shape index (κ1) is 17.1. The Hall–Kier alpha value is -2.35. The zero-order valence-electron chi connectivity index (χ0n) is 14.3. The molecule has 3 heterocycles. The second-order valence-electron chi connectivity index (χ2n) is 6.70. The number of amides is 1. The maximum Gasteiger partial charge on any atom is 0.355 e. The van der Waals surface area contributed by atoms with Crippen LogP contribution in [0.1, 0.15) is 18.4 Å². The predicted molar refractivity (Wildman–Crippen MR) is 98.8 cm³/mol. The fraction of sp³-hybridized carbons (Fsp3) is 0.389. The van der Waals surface area contributed by atoms with Crippen molar-refractivity contribution in [2.75, 3.05) is 20.2 Å². The van der Waals surface area contributed by atoms with Crippen molar-refractivity contribution in [3.05, 3.63) is 34.4 Å². The van der Waals surface area contributed by atoms with E-state index in [1.54, 1.807) is 4.90 Å². The smallest absolute Gasteiger partial charge is 0.355 e. The van der Waals surface area contributed by atoms with Crippen LogP contribution in [0.25, 0.3) is 10.9 Å². The molecule has 0 bridgehead atoms. The Bertz CT molecular complexity index is 922. The number of halogens is 1. The van der Waals surface area contributed by atoms with E-state index in [-0.39, 0.29) is 11.6 Å². The maximum atomic E-state index is 12.8. The van der Waals surface area contributed by atoms with Gasteiger partial charge >= 0.3 is 5.97 Å². The molecule has 0 aliphatic carbocycles. The lowest BCUT2D eigenvalue weighted by atomic mass is 9.96. The summed E-state index contributed by atoms with van der Waals surface area (Å²) in [5.41, 5.74) is 1.63. The summed E-state index contributed by atoms with van der Waals surface area (Å²) in [6, 6.07) is 5.90. The minimum atomic E-state index is -0.597. The Kier molecular flexibility index (Phi) is 4.22. The minimum absolute atomic E-state index is 0.0358. The van der Waals surface area contributed by atoms with Gasteiger partial charge in [0.1, 0.15) is 0 Å². The van der Waals surface area contributed by atoms with Gasteiger partial charge in [0.25, 0.3) is 0 Å². The van der Waals surface area contributed by atoms with E-state index in [4.69, 9.17) is 9.57 Å². The second kappa shape index (κ2) is 6.42. The van der Waals surface area contributed by atoms with Crippen LogP contribution < -0.4 is 0 Å². The molecular weight excluding hydrogens is 402 g/mol. The number of aromatic amines is 1. The number of carbonyl (C=O) groups excluding carboxylic acids is 2. The number of fused-ring (bicyclic) bond motifs is 1. The van der Waals surface area contributed by atoms with Crippen LogP contribution in [-0.4, -0.2) is 53.3 Å². The summed E-state index contributed by atoms with van der Waals surface area (Å²) in [7, 11) is 1.32. The van der Waals surface area contributed by atoms with Crippen molar-refractivity contribution < 1.29 is 19.2 Å². The zero-order chi connectivity index (χ0) is 18.3. The molecule has 2 aromatic rings. The third kappa shape index (κ3) is 2.88. The van der Waals surface area contributed by atoms with E-state index in [2.05, 4.69) is 26.1 Å². The average Bonchev–Trinajstić information content (AvgIpc) is 3.35. The topological polar surface area (TPSA) is 84.0 Å². The first-order chi connectivity index (χ1) is 12.5. The fourth-order valence-electron chi connectivity index (χ4n) is 3.65. The molecule has 1 fully saturated rings. The van der Waals surface area contributed by atoms with Crippen LogP contribution in [0.15, 0.2) is 34.0 Å². The maximum absolute atomic E-state index is 12.8. The van der Waals surface area contributed by atoms with Gasteiger partial charge in [-0.15, -0.1) is 0 Å². The number of ether oxygens (including phenoxy) is 1. The number of hydrogen-bond acceptors (Lipinski definition) is 5. The number of methoxy groups -OCH3 is 1. The Balaban J connectivity index is 1.45. The summed E-state index contributed by atoms with van der Waals surface area (Å²) in [6.45, 7) is 1.02. The number of hydrogen-bond donors (Lipinski definition) is 1. The van der Waals surface area contributed by atoms with Gasteiger partial charge in [-0.2, -0.15) is 0 Å². The highest BCUT2D eigenvalue weighted by atomic mass is 79.9. The largest absolute Gasteiger partial charge is 0.464 e. The number of likely N-dealkylation sites (tertiary alicyclic amines) is 1. The molecule has 0 radical (unpaired) electrons. The first-order valence-corrected chi connectivity index (χ1v) is 9.16. The van der Waals surface area contributed by atoms with Gasteiger partial charge in [-0.1, -0.05) is 27.2 Å². The molecular formula is C18H18BrN3O4. The molecule has 1 aromatic carbocycles. The molecule has 1 aromatic heterocycles. The van der Waals surface area contributed by atoms with Crippen molar-refractivity contribution in [1.29, 1.82) is 0 Å². The number of nitrogens with one attached hydrogen (secondary N) is 1. The van der Waals surface area contributed by atoms with Crippen LogP contribution in [0, 0.1) is 0 Å². The lowest BCUT2D eigenvalue weighted by Crippen LogP contribution is -2.37. The molecule has 2 aliphatic heterocycles. The van der Waals surface area contributed by atoms with E-state index in [1.165, 1.54) is 7.11 Å². The zero-order valence-corrected chi connectivity index (χ0v) is 15.8. The van der Waals surface area contributed by atoms with Crippen molar-refractivity contribution in [1.82, 2.24) is 9.88 Å². The van der Waals surface area contributed by atoms with Gasteiger partial charge in [-0.3, -0.25) is 4.79 Å².